The molecule has 0 unspecified atom stereocenters. The monoisotopic (exact) mass is 302 g/mol. The number of hydrogen-bond donors (Lipinski definition) is 1. The topological polar surface area (TPSA) is 46.3 Å². The number of nitrogens with two attached hydrogens (primary N) is 1. The summed E-state index contributed by atoms with van der Waals surface area (Å²) in [6.07, 6.45) is 6.37. The molecule has 1 saturated heterocycles. The van der Waals surface area contributed by atoms with Crippen molar-refractivity contribution in [2.24, 2.45) is 17.1 Å². The fourth-order valence-electron chi connectivity index (χ4n) is 3.26. The van der Waals surface area contributed by atoms with Crippen LogP contribution in [0.15, 0.2) is 0 Å². The third kappa shape index (κ3) is 2.84. The van der Waals surface area contributed by atoms with E-state index in [1.54, 1.807) is 6.92 Å². The highest BCUT2D eigenvalue weighted by molar-refractivity contribution is 9.09. The maximum absolute atomic E-state index is 11.9. The molecule has 17 heavy (non-hydrogen) atoms. The molecule has 1 amide bonds. The molecule has 1 aliphatic heterocycles. The van der Waals surface area contributed by atoms with Gasteiger partial charge in [0.05, 0.1) is 6.04 Å². The number of carbonyl (C=O) groups is 1. The van der Waals surface area contributed by atoms with Gasteiger partial charge in [0.25, 0.3) is 0 Å². The Bertz CT molecular complexity index is 285. The number of carbonyl (C=O) groups excluding carboxylic acids is 1. The maximum Gasteiger partial charge on any atom is 0.239 e. The maximum atomic E-state index is 11.9. The highest BCUT2D eigenvalue weighted by Crippen LogP contribution is 2.45. The number of nitrogens with zero attached hydrogens (tertiary/aromatic N) is 1. The minimum Gasteiger partial charge on any atom is -0.341 e. The van der Waals surface area contributed by atoms with Crippen molar-refractivity contribution in [1.82, 2.24) is 4.90 Å². The summed E-state index contributed by atoms with van der Waals surface area (Å²) >= 11 is 3.58. The lowest BCUT2D eigenvalue weighted by Gasteiger charge is -2.36. The van der Waals surface area contributed by atoms with Crippen molar-refractivity contribution in [2.75, 3.05) is 18.4 Å². The van der Waals surface area contributed by atoms with E-state index < -0.39 is 0 Å². The summed E-state index contributed by atoms with van der Waals surface area (Å²) < 4.78 is 0. The number of hydrogen-bond acceptors (Lipinski definition) is 2. The van der Waals surface area contributed by atoms with Gasteiger partial charge in [-0.2, -0.15) is 0 Å². The second-order valence-corrected chi connectivity index (χ2v) is 6.54. The van der Waals surface area contributed by atoms with E-state index in [9.17, 15) is 4.79 Å². The molecule has 1 heterocycles. The van der Waals surface area contributed by atoms with E-state index in [0.29, 0.717) is 5.41 Å². The molecule has 1 aliphatic carbocycles. The molecule has 4 heteroatoms. The molecule has 1 spiro atoms. The van der Waals surface area contributed by atoms with Crippen molar-refractivity contribution in [2.45, 2.75) is 45.1 Å². The minimum absolute atomic E-state index is 0.129. The Hall–Kier alpha value is -0.0900. The van der Waals surface area contributed by atoms with Crippen LogP contribution < -0.4 is 5.73 Å². The van der Waals surface area contributed by atoms with Crippen LogP contribution in [-0.4, -0.2) is 35.3 Å². The van der Waals surface area contributed by atoms with Crippen LogP contribution in [0.4, 0.5) is 0 Å². The third-order valence-electron chi connectivity index (χ3n) is 4.52. The normalized spacial score (nSPS) is 35.2. The van der Waals surface area contributed by atoms with Crippen LogP contribution in [-0.2, 0) is 4.79 Å². The van der Waals surface area contributed by atoms with Crippen molar-refractivity contribution in [1.29, 1.82) is 0 Å². The van der Waals surface area contributed by atoms with Gasteiger partial charge >= 0.3 is 0 Å². The number of rotatable bonds is 2. The van der Waals surface area contributed by atoms with E-state index >= 15 is 0 Å². The van der Waals surface area contributed by atoms with Gasteiger partial charge in [0.15, 0.2) is 0 Å². The van der Waals surface area contributed by atoms with Gasteiger partial charge in [0.2, 0.25) is 5.91 Å². The second-order valence-electron chi connectivity index (χ2n) is 5.90. The van der Waals surface area contributed by atoms with E-state index in [4.69, 9.17) is 5.73 Å². The third-order valence-corrected chi connectivity index (χ3v) is 5.44. The van der Waals surface area contributed by atoms with Gasteiger partial charge < -0.3 is 10.6 Å². The highest BCUT2D eigenvalue weighted by atomic mass is 79.9. The van der Waals surface area contributed by atoms with Crippen molar-refractivity contribution in [3.8, 4) is 0 Å². The van der Waals surface area contributed by atoms with E-state index in [1.165, 1.54) is 32.1 Å². The zero-order valence-corrected chi connectivity index (χ0v) is 12.2. The molecule has 3 nitrogen and oxygen atoms in total. The summed E-state index contributed by atoms with van der Waals surface area (Å²) in [6.45, 7) is 3.65. The first-order valence-corrected chi connectivity index (χ1v) is 7.79. The van der Waals surface area contributed by atoms with Gasteiger partial charge in [-0.1, -0.05) is 15.9 Å². The van der Waals surface area contributed by atoms with Crippen LogP contribution >= 0.6 is 15.9 Å². The molecule has 1 atom stereocenters. The molecule has 0 aromatic carbocycles. The molecular weight excluding hydrogens is 280 g/mol. The van der Waals surface area contributed by atoms with Gasteiger partial charge in [-0.3, -0.25) is 4.79 Å². The number of amides is 1. The summed E-state index contributed by atoms with van der Waals surface area (Å²) in [5.41, 5.74) is 6.10. The van der Waals surface area contributed by atoms with Crippen molar-refractivity contribution < 1.29 is 4.79 Å². The van der Waals surface area contributed by atoms with Crippen LogP contribution in [0.2, 0.25) is 0 Å². The average Bonchev–Trinajstić information content (AvgIpc) is 2.73. The zero-order chi connectivity index (χ0) is 12.5. The predicted octanol–water partition coefficient (Wildman–Crippen LogP) is 2.14. The molecule has 2 fully saturated rings. The lowest BCUT2D eigenvalue weighted by molar-refractivity contribution is -0.131. The van der Waals surface area contributed by atoms with E-state index in [1.807, 2.05) is 4.90 Å². The number of halogens is 1. The van der Waals surface area contributed by atoms with E-state index in [-0.39, 0.29) is 11.9 Å². The molecule has 1 saturated carbocycles. The number of alkyl halides is 1. The molecule has 2 N–H and O–H groups in total. The second kappa shape index (κ2) is 5.27. The summed E-state index contributed by atoms with van der Waals surface area (Å²) in [5, 5.41) is 1.13. The molecule has 0 aromatic rings. The predicted molar refractivity (Wildman–Crippen MR) is 73.0 cm³/mol. The fourth-order valence-corrected chi connectivity index (χ4v) is 3.91. The standard InChI is InChI=1S/C13H23BrN2O/c1-10(15)12(17)16-7-6-13(9-16)4-2-11(8-14)3-5-13/h10-11H,2-9,15H2,1H3/t10-,11?,13?/m0/s1. The molecule has 0 aromatic heterocycles. The molecule has 98 valence electrons. The summed E-state index contributed by atoms with van der Waals surface area (Å²) in [5.74, 6) is 0.975. The Kier molecular flexibility index (Phi) is 4.14. The fraction of sp³-hybridized carbons (Fsp3) is 0.923. The smallest absolute Gasteiger partial charge is 0.239 e. The quantitative estimate of drug-likeness (QED) is 0.795. The molecule has 0 bridgehead atoms. The first-order valence-electron chi connectivity index (χ1n) is 6.67. The molecule has 2 aliphatic rings. The van der Waals surface area contributed by atoms with Gasteiger partial charge in [0.1, 0.15) is 0 Å². The van der Waals surface area contributed by atoms with Crippen molar-refractivity contribution in [3.63, 3.8) is 0 Å². The Morgan fingerprint density at radius 2 is 2.12 bits per heavy atom. The van der Waals surface area contributed by atoms with Crippen LogP contribution in [0.25, 0.3) is 0 Å². The summed E-state index contributed by atoms with van der Waals surface area (Å²) in [7, 11) is 0. The molecular formula is C13H23BrN2O. The Morgan fingerprint density at radius 1 is 1.47 bits per heavy atom. The van der Waals surface area contributed by atoms with Crippen molar-refractivity contribution >= 4 is 21.8 Å². The first-order chi connectivity index (χ1) is 8.06. The summed E-state index contributed by atoms with van der Waals surface area (Å²) in [6, 6.07) is -0.343. The van der Waals surface area contributed by atoms with Crippen LogP contribution in [0.3, 0.4) is 0 Å². The highest BCUT2D eigenvalue weighted by Gasteiger charge is 2.42. The average molecular weight is 303 g/mol. The zero-order valence-electron chi connectivity index (χ0n) is 10.6. The SMILES string of the molecule is C[C@H](N)C(=O)N1CCC2(CCC(CBr)CC2)C1. The van der Waals surface area contributed by atoms with Crippen molar-refractivity contribution in [3.05, 3.63) is 0 Å². The Morgan fingerprint density at radius 3 is 2.65 bits per heavy atom. The van der Waals surface area contributed by atoms with Crippen LogP contribution in [0.1, 0.15) is 39.0 Å². The van der Waals surface area contributed by atoms with Crippen LogP contribution in [0.5, 0.6) is 0 Å². The Balaban J connectivity index is 1.91. The van der Waals surface area contributed by atoms with E-state index in [2.05, 4.69) is 15.9 Å². The Labute approximate surface area is 112 Å². The first kappa shape index (κ1) is 13.3. The van der Waals surface area contributed by atoms with E-state index in [0.717, 1.165) is 24.3 Å². The lowest BCUT2D eigenvalue weighted by atomic mass is 9.70. The lowest BCUT2D eigenvalue weighted by Crippen LogP contribution is -2.42. The summed E-state index contributed by atoms with van der Waals surface area (Å²) in [4.78, 5) is 13.9. The number of likely N-dealkylation sites (tertiary alicyclic amines) is 1. The van der Waals surface area contributed by atoms with Gasteiger partial charge in [-0.05, 0) is 50.4 Å². The largest absolute Gasteiger partial charge is 0.341 e. The molecule has 0 radical (unpaired) electrons. The molecule has 2 rings (SSSR count). The van der Waals surface area contributed by atoms with Gasteiger partial charge in [-0.25, -0.2) is 0 Å². The van der Waals surface area contributed by atoms with Gasteiger partial charge in [0, 0.05) is 18.4 Å². The van der Waals surface area contributed by atoms with Crippen LogP contribution in [0, 0.1) is 11.3 Å². The minimum atomic E-state index is -0.343. The van der Waals surface area contributed by atoms with Gasteiger partial charge in [-0.15, -0.1) is 0 Å².